The van der Waals surface area contributed by atoms with Crippen LogP contribution in [-0.2, 0) is 4.79 Å². The van der Waals surface area contributed by atoms with E-state index in [0.717, 1.165) is 12.0 Å². The molecule has 2 rings (SSSR count). The molecule has 1 amide bonds. The number of amides is 1. The van der Waals surface area contributed by atoms with Gasteiger partial charge in [-0.25, -0.2) is 0 Å². The van der Waals surface area contributed by atoms with Crippen molar-refractivity contribution in [1.82, 2.24) is 9.88 Å². The molecule has 4 heteroatoms. The maximum atomic E-state index is 11.9. The molecule has 4 nitrogen and oxygen atoms in total. The molecule has 92 valence electrons. The van der Waals surface area contributed by atoms with Gasteiger partial charge >= 0.3 is 0 Å². The van der Waals surface area contributed by atoms with Crippen molar-refractivity contribution in [1.29, 1.82) is 0 Å². The van der Waals surface area contributed by atoms with Crippen molar-refractivity contribution in [2.24, 2.45) is 5.92 Å². The third-order valence-electron chi connectivity index (χ3n) is 3.33. The monoisotopic (exact) mass is 234 g/mol. The molecule has 1 fully saturated rings. The largest absolute Gasteiger partial charge is 0.396 e. The van der Waals surface area contributed by atoms with Crippen molar-refractivity contribution in [2.45, 2.75) is 25.8 Å². The fourth-order valence-corrected chi connectivity index (χ4v) is 2.44. The zero-order valence-corrected chi connectivity index (χ0v) is 10.0. The number of hydrogen-bond donors (Lipinski definition) is 1. The van der Waals surface area contributed by atoms with Gasteiger partial charge in [-0.2, -0.15) is 0 Å². The molecule has 0 spiro atoms. The quantitative estimate of drug-likeness (QED) is 0.856. The number of nitrogens with zero attached hydrogens (tertiary/aromatic N) is 2. The molecule has 1 saturated heterocycles. The van der Waals surface area contributed by atoms with Crippen molar-refractivity contribution in [3.63, 3.8) is 0 Å². The van der Waals surface area contributed by atoms with Gasteiger partial charge in [0, 0.05) is 37.9 Å². The van der Waals surface area contributed by atoms with Gasteiger partial charge in [0.1, 0.15) is 0 Å². The van der Waals surface area contributed by atoms with Crippen LogP contribution in [0.5, 0.6) is 0 Å². The minimum atomic E-state index is 0.0890. The highest BCUT2D eigenvalue weighted by atomic mass is 16.3. The third-order valence-corrected chi connectivity index (χ3v) is 3.33. The highest BCUT2D eigenvalue weighted by Crippen LogP contribution is 2.30. The molecule has 2 unspecified atom stereocenters. The molecule has 0 aromatic carbocycles. The number of likely N-dealkylation sites (tertiary alicyclic amines) is 1. The highest BCUT2D eigenvalue weighted by molar-refractivity contribution is 5.79. The molecule has 1 aliphatic rings. The van der Waals surface area contributed by atoms with Gasteiger partial charge in [-0.15, -0.1) is 0 Å². The zero-order chi connectivity index (χ0) is 12.3. The second kappa shape index (κ2) is 5.27. The second-order valence-electron chi connectivity index (χ2n) is 4.51. The standard InChI is InChI=1S/C13H18N2O2/c1-2-12(11-4-3-5-14-7-11)15-8-10(9-16)6-13(15)17/h3-5,7,10,12,16H,2,6,8-9H2,1H3. The number of aliphatic hydroxyl groups is 1. The van der Waals surface area contributed by atoms with Crippen LogP contribution < -0.4 is 0 Å². The molecule has 2 heterocycles. The number of hydrogen-bond acceptors (Lipinski definition) is 3. The van der Waals surface area contributed by atoms with E-state index in [0.29, 0.717) is 13.0 Å². The molecule has 1 aromatic rings. The lowest BCUT2D eigenvalue weighted by Crippen LogP contribution is -2.30. The third kappa shape index (κ3) is 2.47. The first-order chi connectivity index (χ1) is 8.26. The van der Waals surface area contributed by atoms with Crippen LogP contribution in [0.2, 0.25) is 0 Å². The molecule has 1 aliphatic heterocycles. The van der Waals surface area contributed by atoms with Crippen molar-refractivity contribution < 1.29 is 9.90 Å². The summed E-state index contributed by atoms with van der Waals surface area (Å²) in [4.78, 5) is 17.9. The van der Waals surface area contributed by atoms with Gasteiger partial charge in [0.05, 0.1) is 6.04 Å². The number of carbonyl (C=O) groups is 1. The second-order valence-corrected chi connectivity index (χ2v) is 4.51. The van der Waals surface area contributed by atoms with Crippen molar-refractivity contribution in [3.05, 3.63) is 30.1 Å². The lowest BCUT2D eigenvalue weighted by atomic mass is 10.1. The lowest BCUT2D eigenvalue weighted by Gasteiger charge is -2.27. The Labute approximate surface area is 101 Å². The summed E-state index contributed by atoms with van der Waals surface area (Å²) in [7, 11) is 0. The van der Waals surface area contributed by atoms with Gasteiger partial charge in [0.15, 0.2) is 0 Å². The SMILES string of the molecule is CCC(c1cccnc1)N1CC(CO)CC1=O. The molecular formula is C13H18N2O2. The van der Waals surface area contributed by atoms with Crippen LogP contribution in [0.25, 0.3) is 0 Å². The first kappa shape index (κ1) is 12.0. The molecule has 0 saturated carbocycles. The van der Waals surface area contributed by atoms with E-state index < -0.39 is 0 Å². The lowest BCUT2D eigenvalue weighted by molar-refractivity contribution is -0.129. The number of aromatic nitrogens is 1. The van der Waals surface area contributed by atoms with Crippen LogP contribution in [0.3, 0.4) is 0 Å². The zero-order valence-electron chi connectivity index (χ0n) is 10.0. The molecule has 0 bridgehead atoms. The number of carbonyl (C=O) groups excluding carboxylic acids is 1. The van der Waals surface area contributed by atoms with Crippen LogP contribution >= 0.6 is 0 Å². The Bertz CT molecular complexity index is 380. The van der Waals surface area contributed by atoms with E-state index in [1.54, 1.807) is 6.20 Å². The van der Waals surface area contributed by atoms with Gasteiger partial charge in [-0.3, -0.25) is 9.78 Å². The molecule has 2 atom stereocenters. The summed E-state index contributed by atoms with van der Waals surface area (Å²) < 4.78 is 0. The predicted octanol–water partition coefficient (Wildman–Crippen LogP) is 1.37. The summed E-state index contributed by atoms with van der Waals surface area (Å²) in [6.45, 7) is 2.81. The van der Waals surface area contributed by atoms with E-state index in [1.165, 1.54) is 0 Å². The summed E-state index contributed by atoms with van der Waals surface area (Å²) >= 11 is 0. The van der Waals surface area contributed by atoms with E-state index in [1.807, 2.05) is 23.2 Å². The van der Waals surface area contributed by atoms with Crippen molar-refractivity contribution in [3.8, 4) is 0 Å². The first-order valence-corrected chi connectivity index (χ1v) is 6.06. The van der Waals surface area contributed by atoms with Gasteiger partial charge in [-0.1, -0.05) is 13.0 Å². The normalized spacial score (nSPS) is 21.9. The van der Waals surface area contributed by atoms with Crippen LogP contribution in [0.1, 0.15) is 31.4 Å². The average Bonchev–Trinajstić information content (AvgIpc) is 2.73. The van der Waals surface area contributed by atoms with Gasteiger partial charge < -0.3 is 10.0 Å². The van der Waals surface area contributed by atoms with E-state index in [9.17, 15) is 4.79 Å². The number of aliphatic hydroxyl groups excluding tert-OH is 1. The minimum Gasteiger partial charge on any atom is -0.396 e. The van der Waals surface area contributed by atoms with E-state index in [-0.39, 0.29) is 24.5 Å². The van der Waals surface area contributed by atoms with E-state index >= 15 is 0 Å². The van der Waals surface area contributed by atoms with E-state index in [4.69, 9.17) is 5.11 Å². The van der Waals surface area contributed by atoms with Gasteiger partial charge in [-0.05, 0) is 18.1 Å². The van der Waals surface area contributed by atoms with Crippen LogP contribution in [0.15, 0.2) is 24.5 Å². The molecular weight excluding hydrogens is 216 g/mol. The fourth-order valence-electron chi connectivity index (χ4n) is 2.44. The Morgan fingerprint density at radius 2 is 2.47 bits per heavy atom. The summed E-state index contributed by atoms with van der Waals surface area (Å²) in [5, 5.41) is 9.14. The molecule has 17 heavy (non-hydrogen) atoms. The topological polar surface area (TPSA) is 53.4 Å². The smallest absolute Gasteiger partial charge is 0.223 e. The Kier molecular flexibility index (Phi) is 3.74. The molecule has 1 aromatic heterocycles. The van der Waals surface area contributed by atoms with Crippen molar-refractivity contribution in [2.75, 3.05) is 13.2 Å². The predicted molar refractivity (Wildman–Crippen MR) is 64.2 cm³/mol. The Hall–Kier alpha value is -1.42. The first-order valence-electron chi connectivity index (χ1n) is 6.06. The van der Waals surface area contributed by atoms with Crippen LogP contribution in [0.4, 0.5) is 0 Å². The maximum Gasteiger partial charge on any atom is 0.223 e. The Balaban J connectivity index is 2.17. The molecule has 1 N–H and O–H groups in total. The minimum absolute atomic E-state index is 0.0890. The highest BCUT2D eigenvalue weighted by Gasteiger charge is 2.33. The van der Waals surface area contributed by atoms with Gasteiger partial charge in [0.2, 0.25) is 5.91 Å². The Morgan fingerprint density at radius 1 is 1.65 bits per heavy atom. The Morgan fingerprint density at radius 3 is 3.00 bits per heavy atom. The summed E-state index contributed by atoms with van der Waals surface area (Å²) in [6.07, 6.45) is 4.88. The number of rotatable bonds is 4. The number of pyridine rings is 1. The summed E-state index contributed by atoms with van der Waals surface area (Å²) in [5.41, 5.74) is 1.07. The average molecular weight is 234 g/mol. The van der Waals surface area contributed by atoms with E-state index in [2.05, 4.69) is 11.9 Å². The van der Waals surface area contributed by atoms with Crippen molar-refractivity contribution >= 4 is 5.91 Å². The van der Waals surface area contributed by atoms with Crippen LogP contribution in [-0.4, -0.2) is 34.0 Å². The molecule has 0 aliphatic carbocycles. The van der Waals surface area contributed by atoms with Crippen LogP contribution in [0, 0.1) is 5.92 Å². The molecule has 0 radical (unpaired) electrons. The fraction of sp³-hybridized carbons (Fsp3) is 0.538. The summed E-state index contributed by atoms with van der Waals surface area (Å²) in [5.74, 6) is 0.230. The maximum absolute atomic E-state index is 11.9. The summed E-state index contributed by atoms with van der Waals surface area (Å²) in [6, 6.07) is 3.98. The van der Waals surface area contributed by atoms with Gasteiger partial charge in [0.25, 0.3) is 0 Å².